The molecule has 0 unspecified atom stereocenters. The molecule has 2 heterocycles. The fraction of sp³-hybridized carbons (Fsp3) is 0.500. The Morgan fingerprint density at radius 3 is 1.04 bits per heavy atom. The Hall–Kier alpha value is 0.00156. The van der Waals surface area contributed by atoms with Gasteiger partial charge in [0.2, 0.25) is 0 Å². The standard InChI is InChI=1S/2C19H28N2OS.2CH3.2H2O.2Pr.Ti/c2*1-12-10-20-17(23-12)21-11-13-8-14(18(2,3)4)9-15(16(13)22)19(5,6)7;;;;;;;/h2*8-10,22H,11H2,1-7H3,(H,20,21);2*1H3;2*1H2;;;/q;;2*+1;;;;;. The first-order valence-corrected chi connectivity index (χ1v) is 17.7. The van der Waals surface area contributed by atoms with Crippen LogP contribution in [0.2, 0.25) is 0 Å². The summed E-state index contributed by atoms with van der Waals surface area (Å²) in [5, 5.41) is 29.9. The zero-order valence-electron chi connectivity index (χ0n) is 35.1. The van der Waals surface area contributed by atoms with Crippen LogP contribution >= 0.6 is 22.7 Å². The second-order valence-electron chi connectivity index (χ2n) is 16.3. The molecular weight excluding hydrogens is 994 g/mol. The minimum Gasteiger partial charge on any atom is -0.507 e. The van der Waals surface area contributed by atoms with Crippen LogP contribution in [0, 0.1) is 111 Å². The number of rotatable bonds is 6. The largest absolute Gasteiger partial charge is 0.507 e. The van der Waals surface area contributed by atoms with Crippen molar-refractivity contribution in [2.24, 2.45) is 0 Å². The molecule has 2 aromatic heterocycles. The monoisotopic (exact) mass is 1060 g/mol. The summed E-state index contributed by atoms with van der Waals surface area (Å²) in [4.78, 5) is 11.0. The Labute approximate surface area is 411 Å². The van der Waals surface area contributed by atoms with Gasteiger partial charge in [-0.15, -0.1) is 22.7 Å². The molecule has 2 aromatic carbocycles. The maximum Gasteiger partial charge on any atom is 0.183 e. The van der Waals surface area contributed by atoms with E-state index in [-0.39, 0.29) is 152 Å². The Balaban J connectivity index is -0.000000256. The Kier molecular flexibility index (Phi) is 29.0. The molecule has 8 N–H and O–H groups in total. The molecule has 0 aliphatic heterocycles. The van der Waals surface area contributed by atoms with Crippen molar-refractivity contribution in [3.05, 3.63) is 94.6 Å². The number of anilines is 2. The van der Waals surface area contributed by atoms with Gasteiger partial charge in [0.1, 0.15) is 11.5 Å². The number of phenols is 2. The third-order valence-electron chi connectivity index (χ3n) is 7.83. The molecule has 2 radical (unpaired) electrons. The minimum absolute atomic E-state index is 0. The van der Waals surface area contributed by atoms with Crippen LogP contribution in [0.15, 0.2) is 36.7 Å². The number of hydrogen-bond acceptors (Lipinski definition) is 8. The van der Waals surface area contributed by atoms with E-state index in [9.17, 15) is 10.2 Å². The second-order valence-corrected chi connectivity index (χ2v) is 18.8. The number of aryl methyl sites for hydroxylation is 2. The van der Waals surface area contributed by atoms with Crippen LogP contribution in [0.3, 0.4) is 0 Å². The molecule has 0 spiro atoms. The molecule has 13 heteroatoms. The molecule has 0 amide bonds. The third-order valence-corrected chi connectivity index (χ3v) is 9.57. The predicted octanol–water partition coefficient (Wildman–Crippen LogP) is 9.98. The maximum absolute atomic E-state index is 10.7. The molecule has 0 saturated heterocycles. The topological polar surface area (TPSA) is 153 Å². The van der Waals surface area contributed by atoms with Crippen LogP contribution in [0.1, 0.15) is 126 Å². The van der Waals surface area contributed by atoms with Crippen LogP contribution in [0.5, 0.6) is 11.5 Å². The summed E-state index contributed by atoms with van der Waals surface area (Å²) in [5.74, 6) is 0.789. The molecule has 0 atom stereocenters. The maximum atomic E-state index is 10.7. The van der Waals surface area contributed by atoms with Gasteiger partial charge < -0.3 is 31.8 Å². The first-order valence-electron chi connectivity index (χ1n) is 16.0. The second kappa shape index (κ2) is 24.7. The van der Waals surface area contributed by atoms with Gasteiger partial charge in [-0.3, -0.25) is 0 Å². The average Bonchev–Trinajstić information content (AvgIpc) is 3.52. The van der Waals surface area contributed by atoms with E-state index in [0.29, 0.717) is 24.6 Å². The van der Waals surface area contributed by atoms with Gasteiger partial charge in [0.05, 0.1) is 0 Å². The van der Waals surface area contributed by atoms with Crippen LogP contribution in [-0.4, -0.2) is 31.1 Å². The van der Waals surface area contributed by atoms with Gasteiger partial charge in [-0.05, 0) is 69.9 Å². The quantitative estimate of drug-likeness (QED) is 0.111. The Bertz CT molecular complexity index is 1530. The average molecular weight is 1060 g/mol. The molecular formula is C40H66N4O4Pr2S2Ti+2. The van der Waals surface area contributed by atoms with Crippen molar-refractivity contribution < 1.29 is 125 Å². The Morgan fingerprint density at radius 1 is 0.547 bits per heavy atom. The number of aromatic nitrogens is 2. The Morgan fingerprint density at radius 2 is 0.830 bits per heavy atom. The molecule has 0 aliphatic rings. The molecule has 0 aliphatic carbocycles. The smallest absolute Gasteiger partial charge is 0.183 e. The van der Waals surface area contributed by atoms with E-state index < -0.39 is 0 Å². The van der Waals surface area contributed by atoms with Crippen molar-refractivity contribution >= 4 is 32.9 Å². The summed E-state index contributed by atoms with van der Waals surface area (Å²) in [6.07, 6.45) is 3.72. The molecule has 8 nitrogen and oxygen atoms in total. The summed E-state index contributed by atoms with van der Waals surface area (Å²) >= 11 is 3.26. The first kappa shape index (κ1) is 62.2. The number of phenolic OH excluding ortho intramolecular Hbond substituents is 2. The SMILES string of the molecule is Cc1cnc(NCc2cc(C(C)(C)C)cc(C(C)(C)C)c2O)s1.Cc1cnc(NCc2cc(C(C)(C)C)cc(C(C)(C)C)c2O)s1.O.O.[CH3+].[CH3+].[Pr].[Pr].[Ti]. The summed E-state index contributed by atoms with van der Waals surface area (Å²) in [6.45, 7) is 31.2. The van der Waals surface area contributed by atoms with E-state index in [1.807, 2.05) is 26.2 Å². The number of nitrogens with zero attached hydrogens (tertiary/aromatic N) is 2. The number of nitrogens with one attached hydrogen (secondary N) is 2. The van der Waals surface area contributed by atoms with E-state index >= 15 is 0 Å². The number of thiazole rings is 2. The van der Waals surface area contributed by atoms with Crippen molar-refractivity contribution in [2.45, 2.75) is 132 Å². The summed E-state index contributed by atoms with van der Waals surface area (Å²) in [6, 6.07) is 8.51. The normalized spacial score (nSPS) is 10.8. The zero-order chi connectivity index (χ0) is 34.8. The number of hydrogen-bond donors (Lipinski definition) is 4. The van der Waals surface area contributed by atoms with E-state index in [0.717, 1.165) is 32.5 Å². The van der Waals surface area contributed by atoms with Gasteiger partial charge in [-0.1, -0.05) is 95.2 Å². The predicted molar refractivity (Wildman–Crippen MR) is 219 cm³/mol. The summed E-state index contributed by atoms with van der Waals surface area (Å²) < 4.78 is 0. The molecule has 53 heavy (non-hydrogen) atoms. The molecule has 4 rings (SSSR count). The van der Waals surface area contributed by atoms with Crippen molar-refractivity contribution in [2.75, 3.05) is 10.6 Å². The van der Waals surface area contributed by atoms with Crippen molar-refractivity contribution in [3.8, 4) is 11.5 Å². The molecule has 4 aromatic rings. The van der Waals surface area contributed by atoms with Gasteiger partial charge in [0.15, 0.2) is 10.3 Å². The van der Waals surface area contributed by atoms with Gasteiger partial charge in [0, 0.05) is 166 Å². The van der Waals surface area contributed by atoms with E-state index in [1.165, 1.54) is 20.9 Å². The van der Waals surface area contributed by atoms with E-state index in [2.05, 4.69) is 128 Å². The summed E-state index contributed by atoms with van der Waals surface area (Å²) in [7, 11) is 0. The van der Waals surface area contributed by atoms with E-state index in [4.69, 9.17) is 0 Å². The van der Waals surface area contributed by atoms with Crippen LogP contribution in [-0.2, 0) is 56.5 Å². The van der Waals surface area contributed by atoms with Crippen molar-refractivity contribution in [1.82, 2.24) is 9.97 Å². The van der Waals surface area contributed by atoms with Crippen molar-refractivity contribution in [3.63, 3.8) is 0 Å². The number of benzene rings is 2. The molecule has 0 bridgehead atoms. The van der Waals surface area contributed by atoms with Gasteiger partial charge >= 0.3 is 0 Å². The molecule has 0 saturated carbocycles. The fourth-order valence-electron chi connectivity index (χ4n) is 4.88. The fourth-order valence-corrected chi connectivity index (χ4v) is 6.20. The van der Waals surface area contributed by atoms with Crippen LogP contribution in [0.25, 0.3) is 0 Å². The van der Waals surface area contributed by atoms with Crippen LogP contribution < -0.4 is 10.6 Å². The minimum atomic E-state index is -0.0993. The van der Waals surface area contributed by atoms with Gasteiger partial charge in [-0.2, -0.15) is 0 Å². The first-order chi connectivity index (χ1) is 21.0. The molecule has 0 fully saturated rings. The van der Waals surface area contributed by atoms with E-state index in [1.54, 1.807) is 22.7 Å². The van der Waals surface area contributed by atoms with Gasteiger partial charge in [0.25, 0.3) is 0 Å². The number of aromatic hydroxyl groups is 2. The van der Waals surface area contributed by atoms with Crippen LogP contribution in [0.4, 0.5) is 10.3 Å². The van der Waals surface area contributed by atoms with Gasteiger partial charge in [-0.25, -0.2) is 9.97 Å². The molecule has 290 valence electrons. The zero-order valence-corrected chi connectivity index (χ0v) is 45.7. The third kappa shape index (κ3) is 18.4. The van der Waals surface area contributed by atoms with Crippen molar-refractivity contribution in [1.29, 1.82) is 0 Å². The summed E-state index contributed by atoms with van der Waals surface area (Å²) in [5.41, 5.74) is 6.22.